The number of nitrogens with zero attached hydrogens (tertiary/aromatic N) is 1. The van der Waals surface area contributed by atoms with Crippen LogP contribution in [0.5, 0.6) is 5.75 Å². The smallest absolute Gasteiger partial charge is 0.253 e. The zero-order valence-corrected chi connectivity index (χ0v) is 18.2. The summed E-state index contributed by atoms with van der Waals surface area (Å²) in [7, 11) is 0. The van der Waals surface area contributed by atoms with Crippen LogP contribution in [0.1, 0.15) is 43.0 Å². The molecule has 1 aliphatic rings. The van der Waals surface area contributed by atoms with E-state index >= 15 is 0 Å². The number of benzene rings is 2. The summed E-state index contributed by atoms with van der Waals surface area (Å²) in [4.78, 5) is 27.2. The number of amides is 2. The van der Waals surface area contributed by atoms with Crippen molar-refractivity contribution in [1.82, 2.24) is 4.90 Å². The Morgan fingerprint density at radius 1 is 1.03 bits per heavy atom. The third-order valence-electron chi connectivity index (χ3n) is 5.09. The molecule has 0 bridgehead atoms. The fourth-order valence-corrected chi connectivity index (χ4v) is 3.49. The van der Waals surface area contributed by atoms with Gasteiger partial charge in [-0.05, 0) is 55.7 Å². The summed E-state index contributed by atoms with van der Waals surface area (Å²) >= 11 is 0. The molecule has 3 rings (SSSR count). The number of nitrogens with one attached hydrogen (secondary N) is 2. The normalized spacial score (nSPS) is 13.8. The van der Waals surface area contributed by atoms with Crippen molar-refractivity contribution >= 4 is 23.2 Å². The zero-order valence-electron chi connectivity index (χ0n) is 18.2. The molecule has 2 aromatic carbocycles. The number of anilines is 2. The fraction of sp³-hybridized carbons (Fsp3) is 0.360. The third-order valence-corrected chi connectivity index (χ3v) is 5.09. The van der Waals surface area contributed by atoms with Crippen LogP contribution >= 0.6 is 0 Å². The van der Waals surface area contributed by atoms with E-state index in [0.29, 0.717) is 23.6 Å². The number of carbonyl (C=O) groups is 2. The molecule has 2 N–H and O–H groups in total. The first-order valence-electron chi connectivity index (χ1n) is 10.8. The highest BCUT2D eigenvalue weighted by molar-refractivity contribution is 5.96. The van der Waals surface area contributed by atoms with Crippen molar-refractivity contribution in [2.75, 3.05) is 36.9 Å². The van der Waals surface area contributed by atoms with E-state index in [0.717, 1.165) is 37.2 Å². The number of ether oxygens (including phenoxy) is 1. The molecule has 0 atom stereocenters. The summed E-state index contributed by atoms with van der Waals surface area (Å²) in [5, 5.41) is 5.98. The van der Waals surface area contributed by atoms with Gasteiger partial charge in [0.15, 0.2) is 0 Å². The van der Waals surface area contributed by atoms with Crippen molar-refractivity contribution in [3.05, 3.63) is 66.2 Å². The maximum atomic E-state index is 12.8. The van der Waals surface area contributed by atoms with Gasteiger partial charge in [-0.25, -0.2) is 0 Å². The van der Waals surface area contributed by atoms with Crippen molar-refractivity contribution in [2.24, 2.45) is 0 Å². The number of likely N-dealkylation sites (tertiary alicyclic amines) is 1. The third kappa shape index (κ3) is 6.88. The van der Waals surface area contributed by atoms with E-state index in [-0.39, 0.29) is 18.4 Å². The summed E-state index contributed by atoms with van der Waals surface area (Å²) in [5.41, 5.74) is 2.89. The molecule has 2 amide bonds. The minimum atomic E-state index is -0.198. The lowest BCUT2D eigenvalue weighted by molar-refractivity contribution is -0.114. The Morgan fingerprint density at radius 3 is 2.52 bits per heavy atom. The quantitative estimate of drug-likeness (QED) is 0.606. The van der Waals surface area contributed by atoms with Crippen LogP contribution in [0, 0.1) is 0 Å². The minimum Gasteiger partial charge on any atom is -0.487 e. The molecule has 0 aromatic heterocycles. The first kappa shape index (κ1) is 22.4. The second-order valence-corrected chi connectivity index (χ2v) is 7.93. The van der Waals surface area contributed by atoms with Gasteiger partial charge < -0.3 is 20.3 Å². The molecule has 6 heteroatoms. The van der Waals surface area contributed by atoms with Crippen LogP contribution in [-0.2, 0) is 4.79 Å². The van der Waals surface area contributed by atoms with Crippen LogP contribution in [-0.4, -0.2) is 43.0 Å². The SMILES string of the molecule is C=C(C)COc1ccccc1NC(=O)CNc1cccc(C(=O)N2CCCCCC2)c1. The van der Waals surface area contributed by atoms with Gasteiger partial charge in [-0.15, -0.1) is 0 Å². The first-order chi connectivity index (χ1) is 15.0. The highest BCUT2D eigenvalue weighted by Crippen LogP contribution is 2.24. The molecule has 0 aliphatic carbocycles. The van der Waals surface area contributed by atoms with Gasteiger partial charge in [0.2, 0.25) is 5.91 Å². The van der Waals surface area contributed by atoms with Crippen LogP contribution < -0.4 is 15.4 Å². The van der Waals surface area contributed by atoms with Crippen molar-refractivity contribution in [1.29, 1.82) is 0 Å². The minimum absolute atomic E-state index is 0.0542. The Morgan fingerprint density at radius 2 is 1.77 bits per heavy atom. The molecule has 0 saturated carbocycles. The number of hydrogen-bond acceptors (Lipinski definition) is 4. The monoisotopic (exact) mass is 421 g/mol. The molecule has 164 valence electrons. The van der Waals surface area contributed by atoms with Crippen LogP contribution in [0.25, 0.3) is 0 Å². The average molecular weight is 422 g/mol. The highest BCUT2D eigenvalue weighted by Gasteiger charge is 2.17. The zero-order chi connectivity index (χ0) is 22.1. The topological polar surface area (TPSA) is 70.7 Å². The fourth-order valence-electron chi connectivity index (χ4n) is 3.49. The lowest BCUT2D eigenvalue weighted by Gasteiger charge is -2.20. The van der Waals surface area contributed by atoms with Gasteiger partial charge in [0.1, 0.15) is 12.4 Å². The Labute approximate surface area is 184 Å². The summed E-state index contributed by atoms with van der Waals surface area (Å²) < 4.78 is 5.69. The molecule has 1 aliphatic heterocycles. The van der Waals surface area contributed by atoms with Crippen LogP contribution in [0.3, 0.4) is 0 Å². The summed E-state index contributed by atoms with van der Waals surface area (Å²) in [6.45, 7) is 7.81. The van der Waals surface area contributed by atoms with Crippen molar-refractivity contribution in [3.8, 4) is 5.75 Å². The van der Waals surface area contributed by atoms with E-state index in [1.54, 1.807) is 6.07 Å². The van der Waals surface area contributed by atoms with Crippen molar-refractivity contribution < 1.29 is 14.3 Å². The molecule has 2 aromatic rings. The van der Waals surface area contributed by atoms with Gasteiger partial charge in [-0.3, -0.25) is 9.59 Å². The molecular formula is C25H31N3O3. The summed E-state index contributed by atoms with van der Waals surface area (Å²) in [6.07, 6.45) is 4.48. The number of hydrogen-bond donors (Lipinski definition) is 2. The maximum Gasteiger partial charge on any atom is 0.253 e. The van der Waals surface area contributed by atoms with Gasteiger partial charge >= 0.3 is 0 Å². The van der Waals surface area contributed by atoms with E-state index < -0.39 is 0 Å². The second kappa shape index (κ2) is 11.2. The molecule has 6 nitrogen and oxygen atoms in total. The van der Waals surface area contributed by atoms with E-state index in [1.807, 2.05) is 54.3 Å². The molecule has 0 radical (unpaired) electrons. The Balaban J connectivity index is 1.57. The lowest BCUT2D eigenvalue weighted by atomic mass is 10.1. The Bertz CT molecular complexity index is 918. The van der Waals surface area contributed by atoms with Gasteiger partial charge in [0, 0.05) is 24.3 Å². The van der Waals surface area contributed by atoms with Crippen molar-refractivity contribution in [2.45, 2.75) is 32.6 Å². The number of carbonyl (C=O) groups excluding carboxylic acids is 2. The molecule has 31 heavy (non-hydrogen) atoms. The standard InChI is InChI=1S/C25H31N3O3/c1-19(2)18-31-23-13-6-5-12-22(23)27-24(29)17-26-21-11-9-10-20(16-21)25(30)28-14-7-3-4-8-15-28/h5-6,9-13,16,26H,1,3-4,7-8,14-15,17-18H2,2H3,(H,27,29). The Hall–Kier alpha value is -3.28. The van der Waals surface area contributed by atoms with E-state index in [4.69, 9.17) is 4.74 Å². The van der Waals surface area contributed by atoms with Gasteiger partial charge in [0.25, 0.3) is 5.91 Å². The van der Waals surface area contributed by atoms with E-state index in [9.17, 15) is 9.59 Å². The van der Waals surface area contributed by atoms with Crippen molar-refractivity contribution in [3.63, 3.8) is 0 Å². The lowest BCUT2D eigenvalue weighted by Crippen LogP contribution is -2.31. The van der Waals surface area contributed by atoms with E-state index in [1.165, 1.54) is 12.8 Å². The maximum absolute atomic E-state index is 12.8. The average Bonchev–Trinajstić information content (AvgIpc) is 3.06. The predicted octanol–water partition coefficient (Wildman–Crippen LogP) is 4.71. The van der Waals surface area contributed by atoms with Crippen LogP contribution in [0.4, 0.5) is 11.4 Å². The Kier molecular flexibility index (Phi) is 8.10. The molecular weight excluding hydrogens is 390 g/mol. The molecule has 0 spiro atoms. The van der Waals surface area contributed by atoms with E-state index in [2.05, 4.69) is 17.2 Å². The van der Waals surface area contributed by atoms with Gasteiger partial charge in [-0.2, -0.15) is 0 Å². The second-order valence-electron chi connectivity index (χ2n) is 7.93. The van der Waals surface area contributed by atoms with Gasteiger partial charge in [0.05, 0.1) is 12.2 Å². The first-order valence-corrected chi connectivity index (χ1v) is 10.8. The number of para-hydroxylation sites is 2. The van der Waals surface area contributed by atoms with Crippen LogP contribution in [0.15, 0.2) is 60.7 Å². The summed E-state index contributed by atoms with van der Waals surface area (Å²) in [5.74, 6) is 0.457. The molecule has 1 fully saturated rings. The predicted molar refractivity (Wildman–Crippen MR) is 125 cm³/mol. The summed E-state index contributed by atoms with van der Waals surface area (Å²) in [6, 6.07) is 14.6. The highest BCUT2D eigenvalue weighted by atomic mass is 16.5. The molecule has 1 saturated heterocycles. The van der Waals surface area contributed by atoms with Gasteiger partial charge in [-0.1, -0.05) is 37.6 Å². The largest absolute Gasteiger partial charge is 0.487 e. The number of rotatable bonds is 8. The molecule has 0 unspecified atom stereocenters. The van der Waals surface area contributed by atoms with Crippen LogP contribution in [0.2, 0.25) is 0 Å². The molecule has 1 heterocycles.